The van der Waals surface area contributed by atoms with E-state index in [1.165, 1.54) is 0 Å². The molecule has 1 aromatic rings. The molecule has 0 spiro atoms. The highest BCUT2D eigenvalue weighted by molar-refractivity contribution is 5.74. The molecule has 0 saturated carbocycles. The van der Waals surface area contributed by atoms with Crippen LogP contribution in [0.2, 0.25) is 0 Å². The van der Waals surface area contributed by atoms with Gasteiger partial charge in [-0.2, -0.15) is 0 Å². The predicted molar refractivity (Wildman–Crippen MR) is 84.6 cm³/mol. The Hall–Kier alpha value is -2.16. The summed E-state index contributed by atoms with van der Waals surface area (Å²) in [6.45, 7) is 8.01. The Morgan fingerprint density at radius 3 is 2.57 bits per heavy atom. The highest BCUT2D eigenvalue weighted by Gasteiger charge is 2.18. The van der Waals surface area contributed by atoms with E-state index in [0.29, 0.717) is 12.4 Å². The molecular formula is C14H25N7O2. The first-order valence-electron chi connectivity index (χ1n) is 7.83. The third-order valence-electron chi connectivity index (χ3n) is 4.01. The molecule has 1 aromatic heterocycles. The van der Waals surface area contributed by atoms with E-state index < -0.39 is 0 Å². The van der Waals surface area contributed by atoms with Crippen LogP contribution in [0.3, 0.4) is 0 Å². The van der Waals surface area contributed by atoms with E-state index in [1.807, 2.05) is 18.9 Å². The second-order valence-corrected chi connectivity index (χ2v) is 5.77. The molecule has 1 unspecified atom stereocenters. The molecule has 2 heterocycles. The summed E-state index contributed by atoms with van der Waals surface area (Å²) in [6.07, 6.45) is 1.60. The van der Waals surface area contributed by atoms with E-state index in [9.17, 15) is 9.59 Å². The van der Waals surface area contributed by atoms with Gasteiger partial charge in [0, 0.05) is 53.2 Å². The lowest BCUT2D eigenvalue weighted by Crippen LogP contribution is -2.50. The number of rotatable bonds is 5. The molecular weight excluding hydrogens is 298 g/mol. The number of hydrogen-bond donors (Lipinski definition) is 2. The Balaban J connectivity index is 1.64. The summed E-state index contributed by atoms with van der Waals surface area (Å²) in [5.41, 5.74) is 0. The topological polar surface area (TPSA) is 95.4 Å². The Kier molecular flexibility index (Phi) is 5.91. The predicted octanol–water partition coefficient (Wildman–Crippen LogP) is -0.661. The molecule has 3 amide bonds. The van der Waals surface area contributed by atoms with Crippen LogP contribution in [0.4, 0.5) is 4.79 Å². The van der Waals surface area contributed by atoms with Crippen molar-refractivity contribution < 1.29 is 9.59 Å². The van der Waals surface area contributed by atoms with Crippen LogP contribution in [0, 0.1) is 0 Å². The summed E-state index contributed by atoms with van der Waals surface area (Å²) in [5.74, 6) is 0.834. The zero-order chi connectivity index (χ0) is 16.8. The van der Waals surface area contributed by atoms with Crippen LogP contribution >= 0.6 is 0 Å². The molecule has 2 N–H and O–H groups in total. The van der Waals surface area contributed by atoms with Gasteiger partial charge in [0.2, 0.25) is 5.91 Å². The van der Waals surface area contributed by atoms with Gasteiger partial charge in [-0.3, -0.25) is 9.69 Å². The Bertz CT molecular complexity index is 537. The fourth-order valence-electron chi connectivity index (χ4n) is 2.61. The van der Waals surface area contributed by atoms with Gasteiger partial charge in [0.25, 0.3) is 0 Å². The van der Waals surface area contributed by atoms with Gasteiger partial charge in [-0.25, -0.2) is 4.79 Å². The van der Waals surface area contributed by atoms with Crippen LogP contribution in [0.1, 0.15) is 25.7 Å². The molecule has 2 rings (SSSR count). The monoisotopic (exact) mass is 323 g/mol. The van der Waals surface area contributed by atoms with Gasteiger partial charge < -0.3 is 20.1 Å². The number of aryl methyl sites for hydroxylation is 1. The lowest BCUT2D eigenvalue weighted by Gasteiger charge is -2.34. The average molecular weight is 323 g/mol. The van der Waals surface area contributed by atoms with E-state index in [2.05, 4.69) is 25.7 Å². The minimum Gasteiger partial charge on any atom is -0.340 e. The van der Waals surface area contributed by atoms with Crippen molar-refractivity contribution in [1.82, 2.24) is 35.2 Å². The van der Waals surface area contributed by atoms with Gasteiger partial charge in [-0.1, -0.05) is 0 Å². The van der Waals surface area contributed by atoms with Crippen molar-refractivity contribution in [3.63, 3.8) is 0 Å². The SMILES string of the molecule is CC(=O)N1CCN(CCNC(=O)NC(C)c2nncn2C)CC1. The van der Waals surface area contributed by atoms with Crippen molar-refractivity contribution in [2.45, 2.75) is 19.9 Å². The Labute approximate surface area is 136 Å². The fraction of sp³-hybridized carbons (Fsp3) is 0.714. The van der Waals surface area contributed by atoms with Crippen molar-refractivity contribution in [1.29, 1.82) is 0 Å². The van der Waals surface area contributed by atoms with E-state index in [0.717, 1.165) is 32.7 Å². The van der Waals surface area contributed by atoms with Crippen LogP contribution in [0.5, 0.6) is 0 Å². The Morgan fingerprint density at radius 1 is 1.30 bits per heavy atom. The van der Waals surface area contributed by atoms with Crippen LogP contribution in [-0.2, 0) is 11.8 Å². The minimum absolute atomic E-state index is 0.125. The average Bonchev–Trinajstić information content (AvgIpc) is 2.94. The highest BCUT2D eigenvalue weighted by atomic mass is 16.2. The quantitative estimate of drug-likeness (QED) is 0.750. The summed E-state index contributed by atoms with van der Waals surface area (Å²) < 4.78 is 1.78. The second kappa shape index (κ2) is 7.91. The van der Waals surface area contributed by atoms with E-state index in [-0.39, 0.29) is 18.0 Å². The standard InChI is InChI=1S/C14H25N7O2/c1-11(13-18-16-10-19(13)3)17-14(23)15-4-5-20-6-8-21(9-7-20)12(2)22/h10-11H,4-9H2,1-3H3,(H2,15,17,23). The first kappa shape index (κ1) is 17.2. The first-order valence-corrected chi connectivity index (χ1v) is 7.83. The Morgan fingerprint density at radius 2 is 2.00 bits per heavy atom. The minimum atomic E-state index is -0.220. The van der Waals surface area contributed by atoms with Crippen LogP contribution in [0.25, 0.3) is 0 Å². The van der Waals surface area contributed by atoms with Gasteiger partial charge in [-0.05, 0) is 6.92 Å². The first-order chi connectivity index (χ1) is 11.0. The molecule has 0 aliphatic carbocycles. The molecule has 9 heteroatoms. The fourth-order valence-corrected chi connectivity index (χ4v) is 2.61. The maximum Gasteiger partial charge on any atom is 0.315 e. The number of carbonyl (C=O) groups excluding carboxylic acids is 2. The van der Waals surface area contributed by atoms with Crippen molar-refractivity contribution >= 4 is 11.9 Å². The number of nitrogens with one attached hydrogen (secondary N) is 2. The summed E-state index contributed by atoms with van der Waals surface area (Å²) in [7, 11) is 1.84. The number of piperazine rings is 1. The normalized spacial score (nSPS) is 16.9. The zero-order valence-corrected chi connectivity index (χ0v) is 13.9. The number of carbonyl (C=O) groups is 2. The molecule has 9 nitrogen and oxygen atoms in total. The molecule has 23 heavy (non-hydrogen) atoms. The van der Waals surface area contributed by atoms with Gasteiger partial charge in [0.1, 0.15) is 6.33 Å². The molecule has 0 bridgehead atoms. The smallest absolute Gasteiger partial charge is 0.315 e. The van der Waals surface area contributed by atoms with E-state index in [1.54, 1.807) is 17.8 Å². The van der Waals surface area contributed by atoms with Gasteiger partial charge in [-0.15, -0.1) is 10.2 Å². The van der Waals surface area contributed by atoms with E-state index in [4.69, 9.17) is 0 Å². The molecule has 0 aromatic carbocycles. The second-order valence-electron chi connectivity index (χ2n) is 5.77. The van der Waals surface area contributed by atoms with Crippen LogP contribution in [0.15, 0.2) is 6.33 Å². The number of nitrogens with zero attached hydrogens (tertiary/aromatic N) is 5. The van der Waals surface area contributed by atoms with Crippen LogP contribution in [-0.4, -0.2) is 75.8 Å². The molecule has 128 valence electrons. The van der Waals surface area contributed by atoms with E-state index >= 15 is 0 Å². The van der Waals surface area contributed by atoms with Gasteiger partial charge >= 0.3 is 6.03 Å². The number of aromatic nitrogens is 3. The largest absolute Gasteiger partial charge is 0.340 e. The molecule has 1 atom stereocenters. The number of amides is 3. The third-order valence-corrected chi connectivity index (χ3v) is 4.01. The maximum atomic E-state index is 11.9. The molecule has 1 fully saturated rings. The summed E-state index contributed by atoms with van der Waals surface area (Å²) in [4.78, 5) is 27.2. The maximum absolute atomic E-state index is 11.9. The molecule has 1 aliphatic rings. The third kappa shape index (κ3) is 4.92. The zero-order valence-electron chi connectivity index (χ0n) is 13.9. The molecule has 0 radical (unpaired) electrons. The summed E-state index contributed by atoms with van der Waals surface area (Å²) >= 11 is 0. The van der Waals surface area contributed by atoms with Crippen molar-refractivity contribution in [2.24, 2.45) is 7.05 Å². The molecule has 1 saturated heterocycles. The van der Waals surface area contributed by atoms with Crippen molar-refractivity contribution in [2.75, 3.05) is 39.3 Å². The van der Waals surface area contributed by atoms with Crippen LogP contribution < -0.4 is 10.6 Å². The van der Waals surface area contributed by atoms with Crippen molar-refractivity contribution in [3.8, 4) is 0 Å². The summed E-state index contributed by atoms with van der Waals surface area (Å²) in [5, 5.41) is 13.5. The number of urea groups is 1. The highest BCUT2D eigenvalue weighted by Crippen LogP contribution is 2.06. The summed E-state index contributed by atoms with van der Waals surface area (Å²) in [6, 6.07) is -0.426. The van der Waals surface area contributed by atoms with Crippen molar-refractivity contribution in [3.05, 3.63) is 12.2 Å². The van der Waals surface area contributed by atoms with Gasteiger partial charge in [0.15, 0.2) is 5.82 Å². The molecule has 1 aliphatic heterocycles. The lowest BCUT2D eigenvalue weighted by atomic mass is 10.3. The number of hydrogen-bond acceptors (Lipinski definition) is 5. The van der Waals surface area contributed by atoms with Gasteiger partial charge in [0.05, 0.1) is 6.04 Å². The lowest BCUT2D eigenvalue weighted by molar-refractivity contribution is -0.130.